The number of nitrogens with one attached hydrogen (secondary N) is 1. The molecule has 1 aromatic carbocycles. The molecule has 0 fully saturated rings. The Morgan fingerprint density at radius 2 is 1.81 bits per heavy atom. The molecule has 1 aromatic heterocycles. The number of hydrogen-bond donors (Lipinski definition) is 1. The summed E-state index contributed by atoms with van der Waals surface area (Å²) in [6, 6.07) is 11.1. The van der Waals surface area contributed by atoms with Gasteiger partial charge in [-0.1, -0.05) is 12.1 Å². The third-order valence-corrected chi connectivity index (χ3v) is 2.99. The first-order valence-corrected chi connectivity index (χ1v) is 6.20. The molecule has 1 heterocycles. The van der Waals surface area contributed by atoms with Crippen LogP contribution in [-0.2, 0) is 6.18 Å². The van der Waals surface area contributed by atoms with Gasteiger partial charge >= 0.3 is 6.18 Å². The Balaban J connectivity index is 2.08. The highest BCUT2D eigenvalue weighted by Crippen LogP contribution is 2.29. The number of pyridine rings is 1. The zero-order valence-corrected chi connectivity index (χ0v) is 11.1. The summed E-state index contributed by atoms with van der Waals surface area (Å²) in [5, 5.41) is 11.7. The quantitative estimate of drug-likeness (QED) is 0.924. The average molecular weight is 291 g/mol. The van der Waals surface area contributed by atoms with Crippen molar-refractivity contribution in [1.29, 1.82) is 5.26 Å². The molecule has 0 saturated heterocycles. The first-order valence-electron chi connectivity index (χ1n) is 6.20. The van der Waals surface area contributed by atoms with E-state index in [1.807, 2.05) is 13.0 Å². The largest absolute Gasteiger partial charge is 0.417 e. The van der Waals surface area contributed by atoms with E-state index in [0.717, 1.165) is 17.8 Å². The van der Waals surface area contributed by atoms with E-state index >= 15 is 0 Å². The van der Waals surface area contributed by atoms with Crippen LogP contribution < -0.4 is 5.32 Å². The Morgan fingerprint density at radius 3 is 2.29 bits per heavy atom. The van der Waals surface area contributed by atoms with Gasteiger partial charge < -0.3 is 5.32 Å². The molecular formula is C15H12F3N3. The Morgan fingerprint density at radius 1 is 1.14 bits per heavy atom. The van der Waals surface area contributed by atoms with Gasteiger partial charge in [0, 0.05) is 12.2 Å². The summed E-state index contributed by atoms with van der Waals surface area (Å²) in [6.45, 7) is 1.86. The van der Waals surface area contributed by atoms with Crippen molar-refractivity contribution in [3.05, 3.63) is 59.3 Å². The fourth-order valence-electron chi connectivity index (χ4n) is 1.80. The Bertz CT molecular complexity index is 640. The van der Waals surface area contributed by atoms with E-state index < -0.39 is 11.7 Å². The monoisotopic (exact) mass is 291 g/mol. The molecule has 0 bridgehead atoms. The number of aromatic nitrogens is 1. The number of hydrogen-bond acceptors (Lipinski definition) is 3. The number of benzene rings is 1. The van der Waals surface area contributed by atoms with Gasteiger partial charge in [0.2, 0.25) is 0 Å². The van der Waals surface area contributed by atoms with Crippen molar-refractivity contribution in [3.8, 4) is 6.07 Å². The maximum atomic E-state index is 12.4. The fraction of sp³-hybridized carbons (Fsp3) is 0.200. The number of nitrogens with zero attached hydrogens (tertiary/aromatic N) is 2. The van der Waals surface area contributed by atoms with E-state index in [2.05, 4.69) is 10.3 Å². The van der Waals surface area contributed by atoms with Crippen LogP contribution in [0.4, 0.5) is 19.0 Å². The number of anilines is 1. The van der Waals surface area contributed by atoms with E-state index in [9.17, 15) is 13.2 Å². The fourth-order valence-corrected chi connectivity index (χ4v) is 1.80. The molecule has 6 heteroatoms. The molecule has 0 aliphatic carbocycles. The van der Waals surface area contributed by atoms with Gasteiger partial charge in [0.25, 0.3) is 0 Å². The van der Waals surface area contributed by atoms with Crippen LogP contribution >= 0.6 is 0 Å². The maximum Gasteiger partial charge on any atom is 0.417 e. The summed E-state index contributed by atoms with van der Waals surface area (Å²) in [5.74, 6) is 0.361. The molecule has 21 heavy (non-hydrogen) atoms. The number of halogens is 3. The van der Waals surface area contributed by atoms with Gasteiger partial charge in [-0.15, -0.1) is 0 Å². The third-order valence-electron chi connectivity index (χ3n) is 2.99. The molecule has 1 atom stereocenters. The Hall–Kier alpha value is -2.55. The Labute approximate surface area is 120 Å². The van der Waals surface area contributed by atoms with Crippen LogP contribution in [0.5, 0.6) is 0 Å². The van der Waals surface area contributed by atoms with Crippen molar-refractivity contribution in [1.82, 2.24) is 4.98 Å². The minimum atomic E-state index is -4.38. The molecule has 108 valence electrons. The molecule has 0 aliphatic rings. The zero-order chi connectivity index (χ0) is 15.5. The summed E-state index contributed by atoms with van der Waals surface area (Å²) in [7, 11) is 0. The van der Waals surface area contributed by atoms with Gasteiger partial charge in [0.15, 0.2) is 0 Å². The van der Waals surface area contributed by atoms with Crippen molar-refractivity contribution in [3.63, 3.8) is 0 Å². The lowest BCUT2D eigenvalue weighted by Crippen LogP contribution is -2.10. The van der Waals surface area contributed by atoms with Crippen LogP contribution in [0.3, 0.4) is 0 Å². The number of rotatable bonds is 3. The predicted molar refractivity (Wildman–Crippen MR) is 72.4 cm³/mol. The molecule has 0 aliphatic heterocycles. The SMILES string of the molecule is C[C@H](Nc1ccc(C(F)(F)F)cn1)c1ccc(C#N)cc1. The Kier molecular flexibility index (Phi) is 4.13. The van der Waals surface area contributed by atoms with Crippen molar-refractivity contribution in [2.24, 2.45) is 0 Å². The van der Waals surface area contributed by atoms with E-state index in [0.29, 0.717) is 11.4 Å². The lowest BCUT2D eigenvalue weighted by atomic mass is 10.1. The summed E-state index contributed by atoms with van der Waals surface area (Å²) >= 11 is 0. The zero-order valence-electron chi connectivity index (χ0n) is 11.1. The van der Waals surface area contributed by atoms with Crippen molar-refractivity contribution >= 4 is 5.82 Å². The summed E-state index contributed by atoms with van der Waals surface area (Å²) in [4.78, 5) is 3.76. The minimum absolute atomic E-state index is 0.137. The van der Waals surface area contributed by atoms with Crippen molar-refractivity contribution in [2.75, 3.05) is 5.32 Å². The summed E-state index contributed by atoms with van der Waals surface area (Å²) in [5.41, 5.74) is 0.688. The van der Waals surface area contributed by atoms with E-state index in [1.54, 1.807) is 24.3 Å². The summed E-state index contributed by atoms with van der Waals surface area (Å²) in [6.07, 6.45) is -3.59. The second kappa shape index (κ2) is 5.83. The first-order chi connectivity index (χ1) is 9.90. The highest BCUT2D eigenvalue weighted by molar-refractivity contribution is 5.41. The minimum Gasteiger partial charge on any atom is -0.364 e. The number of alkyl halides is 3. The van der Waals surface area contributed by atoms with Gasteiger partial charge in [-0.3, -0.25) is 0 Å². The van der Waals surface area contributed by atoms with E-state index in [-0.39, 0.29) is 6.04 Å². The molecule has 2 aromatic rings. The number of nitriles is 1. The van der Waals surface area contributed by atoms with Crippen LogP contribution in [0.15, 0.2) is 42.6 Å². The molecule has 1 N–H and O–H groups in total. The topological polar surface area (TPSA) is 48.7 Å². The molecule has 3 nitrogen and oxygen atoms in total. The maximum absolute atomic E-state index is 12.4. The molecule has 0 saturated carbocycles. The second-order valence-corrected chi connectivity index (χ2v) is 4.53. The molecular weight excluding hydrogens is 279 g/mol. The molecule has 0 unspecified atom stereocenters. The smallest absolute Gasteiger partial charge is 0.364 e. The van der Waals surface area contributed by atoms with Gasteiger partial charge in [0.05, 0.1) is 17.2 Å². The molecule has 0 spiro atoms. The van der Waals surface area contributed by atoms with E-state index in [4.69, 9.17) is 5.26 Å². The van der Waals surface area contributed by atoms with Gasteiger partial charge in [0.1, 0.15) is 5.82 Å². The van der Waals surface area contributed by atoms with Gasteiger partial charge in [-0.2, -0.15) is 18.4 Å². The van der Waals surface area contributed by atoms with Gasteiger partial charge in [-0.25, -0.2) is 4.98 Å². The highest BCUT2D eigenvalue weighted by Gasteiger charge is 2.30. The van der Waals surface area contributed by atoms with Crippen LogP contribution in [0.2, 0.25) is 0 Å². The summed E-state index contributed by atoms with van der Waals surface area (Å²) < 4.78 is 37.3. The third kappa shape index (κ3) is 3.72. The standard InChI is InChI=1S/C15H12F3N3/c1-10(12-4-2-11(8-19)3-5-12)21-14-7-6-13(9-20-14)15(16,17)18/h2-7,9-10H,1H3,(H,20,21)/t10-/m0/s1. The average Bonchev–Trinajstić information content (AvgIpc) is 2.47. The van der Waals surface area contributed by atoms with Crippen molar-refractivity contribution < 1.29 is 13.2 Å². The van der Waals surface area contributed by atoms with Crippen LogP contribution in [-0.4, -0.2) is 4.98 Å². The second-order valence-electron chi connectivity index (χ2n) is 4.53. The highest BCUT2D eigenvalue weighted by atomic mass is 19.4. The van der Waals surface area contributed by atoms with E-state index in [1.165, 1.54) is 6.07 Å². The lowest BCUT2D eigenvalue weighted by molar-refractivity contribution is -0.137. The van der Waals surface area contributed by atoms with Crippen LogP contribution in [0.25, 0.3) is 0 Å². The predicted octanol–water partition coefficient (Wildman–Crippen LogP) is 4.15. The van der Waals surface area contributed by atoms with Crippen molar-refractivity contribution in [2.45, 2.75) is 19.1 Å². The van der Waals surface area contributed by atoms with Crippen LogP contribution in [0, 0.1) is 11.3 Å². The molecule has 0 amide bonds. The van der Waals surface area contributed by atoms with Crippen LogP contribution in [0.1, 0.15) is 29.7 Å². The lowest BCUT2D eigenvalue weighted by Gasteiger charge is -2.15. The molecule has 0 radical (unpaired) electrons. The molecule has 2 rings (SSSR count). The first kappa shape index (κ1) is 14.9. The van der Waals surface area contributed by atoms with Gasteiger partial charge in [-0.05, 0) is 36.8 Å². The normalized spacial score (nSPS) is 12.5.